The van der Waals surface area contributed by atoms with Crippen LogP contribution in [0, 0.1) is 0 Å². The van der Waals surface area contributed by atoms with Crippen molar-refractivity contribution in [1.29, 1.82) is 0 Å². The van der Waals surface area contributed by atoms with Gasteiger partial charge in [-0.1, -0.05) is 0 Å². The van der Waals surface area contributed by atoms with Gasteiger partial charge in [-0.3, -0.25) is 14.4 Å². The summed E-state index contributed by atoms with van der Waals surface area (Å²) in [6.45, 7) is 8.88. The van der Waals surface area contributed by atoms with Crippen LogP contribution in [-0.4, -0.2) is 62.7 Å². The maximum atomic E-state index is 12.1. The number of hydrogen-bond donors (Lipinski definition) is 0. The van der Waals surface area contributed by atoms with Gasteiger partial charge in [0.1, 0.15) is 12.7 Å². The molecule has 0 unspecified atom stereocenters. The van der Waals surface area contributed by atoms with E-state index in [2.05, 4.69) is 28.8 Å². The van der Waals surface area contributed by atoms with Crippen molar-refractivity contribution in [3.63, 3.8) is 0 Å². The fourth-order valence-electron chi connectivity index (χ4n) is 2.39. The van der Waals surface area contributed by atoms with Crippen LogP contribution in [-0.2, 0) is 11.3 Å². The number of piperazine rings is 1. The van der Waals surface area contributed by atoms with Crippen LogP contribution in [0.4, 0.5) is 0 Å². The smallest absolute Gasteiger partial charge is 0.222 e. The number of nitrogens with zero attached hydrogens (tertiary/aromatic N) is 5. The van der Waals surface area contributed by atoms with Gasteiger partial charge in [0.15, 0.2) is 0 Å². The molecular formula is C13H23N5O. The van der Waals surface area contributed by atoms with Crippen LogP contribution in [0.1, 0.15) is 26.7 Å². The van der Waals surface area contributed by atoms with Gasteiger partial charge < -0.3 is 4.90 Å². The maximum absolute atomic E-state index is 12.1. The second-order valence-electron chi connectivity index (χ2n) is 5.27. The summed E-state index contributed by atoms with van der Waals surface area (Å²) < 4.78 is 1.77. The van der Waals surface area contributed by atoms with Crippen molar-refractivity contribution >= 4 is 5.91 Å². The third-order valence-corrected chi connectivity index (χ3v) is 3.64. The maximum Gasteiger partial charge on any atom is 0.222 e. The highest BCUT2D eigenvalue weighted by atomic mass is 16.2. The van der Waals surface area contributed by atoms with Crippen molar-refractivity contribution in [3.8, 4) is 0 Å². The van der Waals surface area contributed by atoms with Crippen molar-refractivity contribution in [2.45, 2.75) is 39.3 Å². The first-order chi connectivity index (χ1) is 9.16. The lowest BCUT2D eigenvalue weighted by Crippen LogP contribution is -2.50. The highest BCUT2D eigenvalue weighted by molar-refractivity contribution is 5.76. The molecule has 1 aliphatic heterocycles. The molecule has 19 heavy (non-hydrogen) atoms. The Morgan fingerprint density at radius 3 is 2.58 bits per heavy atom. The minimum atomic E-state index is 0.267. The summed E-state index contributed by atoms with van der Waals surface area (Å²) >= 11 is 0. The Labute approximate surface area is 114 Å². The molecule has 2 heterocycles. The third kappa shape index (κ3) is 4.02. The number of aryl methyl sites for hydroxylation is 1. The number of carbonyl (C=O) groups is 1. The minimum absolute atomic E-state index is 0.267. The molecule has 1 aromatic heterocycles. The van der Waals surface area contributed by atoms with Gasteiger partial charge in [-0.2, -0.15) is 5.10 Å². The first-order valence-corrected chi connectivity index (χ1v) is 7.01. The van der Waals surface area contributed by atoms with Gasteiger partial charge in [-0.15, -0.1) is 0 Å². The zero-order chi connectivity index (χ0) is 13.7. The average molecular weight is 265 g/mol. The van der Waals surface area contributed by atoms with Gasteiger partial charge in [0, 0.05) is 45.2 Å². The summed E-state index contributed by atoms with van der Waals surface area (Å²) in [6, 6.07) is 0.574. The summed E-state index contributed by atoms with van der Waals surface area (Å²) in [4.78, 5) is 20.4. The standard InChI is InChI=1S/C13H23N5O/c1-12(2)16-6-8-17(9-7-16)13(19)4-3-5-18-11-14-10-15-18/h10-12H,3-9H2,1-2H3. The molecule has 6 nitrogen and oxygen atoms in total. The highest BCUT2D eigenvalue weighted by Crippen LogP contribution is 2.08. The van der Waals surface area contributed by atoms with Gasteiger partial charge in [-0.25, -0.2) is 4.98 Å². The summed E-state index contributed by atoms with van der Waals surface area (Å²) in [7, 11) is 0. The van der Waals surface area contributed by atoms with E-state index in [0.717, 1.165) is 39.1 Å². The SMILES string of the molecule is CC(C)N1CCN(C(=O)CCCn2cncn2)CC1. The van der Waals surface area contributed by atoms with Crippen molar-refractivity contribution in [1.82, 2.24) is 24.6 Å². The van der Waals surface area contributed by atoms with E-state index in [1.165, 1.54) is 6.33 Å². The van der Waals surface area contributed by atoms with Crippen LogP contribution in [0.5, 0.6) is 0 Å². The lowest BCUT2D eigenvalue weighted by Gasteiger charge is -2.37. The molecule has 0 aromatic carbocycles. The normalized spacial score (nSPS) is 17.1. The molecule has 0 bridgehead atoms. The first kappa shape index (κ1) is 14.0. The fourth-order valence-corrected chi connectivity index (χ4v) is 2.39. The van der Waals surface area contributed by atoms with E-state index in [-0.39, 0.29) is 5.91 Å². The predicted octanol–water partition coefficient (Wildman–Crippen LogP) is 0.611. The van der Waals surface area contributed by atoms with Crippen LogP contribution in [0.2, 0.25) is 0 Å². The zero-order valence-electron chi connectivity index (χ0n) is 11.8. The number of hydrogen-bond acceptors (Lipinski definition) is 4. The van der Waals surface area contributed by atoms with E-state index in [1.54, 1.807) is 11.0 Å². The van der Waals surface area contributed by atoms with E-state index in [9.17, 15) is 4.79 Å². The lowest BCUT2D eigenvalue weighted by molar-refractivity contribution is -0.133. The van der Waals surface area contributed by atoms with E-state index in [0.29, 0.717) is 12.5 Å². The molecule has 0 saturated carbocycles. The Morgan fingerprint density at radius 1 is 1.26 bits per heavy atom. The van der Waals surface area contributed by atoms with E-state index in [4.69, 9.17) is 0 Å². The van der Waals surface area contributed by atoms with Crippen molar-refractivity contribution < 1.29 is 4.79 Å². The van der Waals surface area contributed by atoms with E-state index in [1.807, 2.05) is 4.90 Å². The molecule has 0 atom stereocenters. The second kappa shape index (κ2) is 6.65. The lowest BCUT2D eigenvalue weighted by atomic mass is 10.2. The summed E-state index contributed by atoms with van der Waals surface area (Å²) in [5.41, 5.74) is 0. The minimum Gasteiger partial charge on any atom is -0.340 e. The largest absolute Gasteiger partial charge is 0.340 e. The highest BCUT2D eigenvalue weighted by Gasteiger charge is 2.21. The Morgan fingerprint density at radius 2 is 2.00 bits per heavy atom. The molecule has 1 aromatic rings. The summed E-state index contributed by atoms with van der Waals surface area (Å²) in [5.74, 6) is 0.267. The molecule has 1 amide bonds. The van der Waals surface area contributed by atoms with Crippen molar-refractivity contribution in [3.05, 3.63) is 12.7 Å². The molecule has 106 valence electrons. The van der Waals surface area contributed by atoms with Crippen molar-refractivity contribution in [2.24, 2.45) is 0 Å². The number of aromatic nitrogens is 3. The fraction of sp³-hybridized carbons (Fsp3) is 0.769. The van der Waals surface area contributed by atoms with Gasteiger partial charge in [0.2, 0.25) is 5.91 Å². The van der Waals surface area contributed by atoms with Gasteiger partial charge >= 0.3 is 0 Å². The molecule has 6 heteroatoms. The number of amides is 1. The molecular weight excluding hydrogens is 242 g/mol. The zero-order valence-corrected chi connectivity index (χ0v) is 11.8. The molecule has 0 radical (unpaired) electrons. The van der Waals surface area contributed by atoms with Crippen LogP contribution in [0.25, 0.3) is 0 Å². The molecule has 0 N–H and O–H groups in total. The Balaban J connectivity index is 1.67. The number of rotatable bonds is 5. The van der Waals surface area contributed by atoms with Crippen LogP contribution in [0.15, 0.2) is 12.7 Å². The van der Waals surface area contributed by atoms with E-state index < -0.39 is 0 Å². The predicted molar refractivity (Wildman–Crippen MR) is 72.5 cm³/mol. The molecule has 1 saturated heterocycles. The Hall–Kier alpha value is -1.43. The van der Waals surface area contributed by atoms with Gasteiger partial charge in [0.25, 0.3) is 0 Å². The Bertz CT molecular complexity index is 382. The summed E-state index contributed by atoms with van der Waals surface area (Å²) in [5, 5.41) is 4.03. The van der Waals surface area contributed by atoms with Crippen LogP contribution < -0.4 is 0 Å². The molecule has 0 spiro atoms. The molecule has 0 aliphatic carbocycles. The van der Waals surface area contributed by atoms with Crippen LogP contribution >= 0.6 is 0 Å². The Kier molecular flexibility index (Phi) is 4.90. The van der Waals surface area contributed by atoms with E-state index >= 15 is 0 Å². The summed E-state index contributed by atoms with van der Waals surface area (Å²) in [6.07, 6.45) is 4.63. The molecule has 1 aliphatic rings. The van der Waals surface area contributed by atoms with Gasteiger partial charge in [0.05, 0.1) is 0 Å². The third-order valence-electron chi connectivity index (χ3n) is 3.64. The average Bonchev–Trinajstić information content (AvgIpc) is 2.92. The molecule has 2 rings (SSSR count). The van der Waals surface area contributed by atoms with Crippen LogP contribution in [0.3, 0.4) is 0 Å². The quantitative estimate of drug-likeness (QED) is 0.783. The van der Waals surface area contributed by atoms with Crippen molar-refractivity contribution in [2.75, 3.05) is 26.2 Å². The van der Waals surface area contributed by atoms with Gasteiger partial charge in [-0.05, 0) is 20.3 Å². The second-order valence-corrected chi connectivity index (χ2v) is 5.27. The topological polar surface area (TPSA) is 54.3 Å². The first-order valence-electron chi connectivity index (χ1n) is 7.01. The molecule has 1 fully saturated rings. The number of carbonyl (C=O) groups excluding carboxylic acids is 1. The monoisotopic (exact) mass is 265 g/mol.